The summed E-state index contributed by atoms with van der Waals surface area (Å²) in [5.74, 6) is 0.623. The summed E-state index contributed by atoms with van der Waals surface area (Å²) in [6.45, 7) is 4.06. The smallest absolute Gasteiger partial charge is 0.232 e. The van der Waals surface area contributed by atoms with Crippen LogP contribution in [-0.4, -0.2) is 80.0 Å². The fourth-order valence-corrected chi connectivity index (χ4v) is 2.46. The van der Waals surface area contributed by atoms with Crippen LogP contribution >= 0.6 is 0 Å². The summed E-state index contributed by atoms with van der Waals surface area (Å²) in [6, 6.07) is 5.81. The fraction of sp³-hybridized carbons (Fsp3) is 0.562. The Hall–Kier alpha value is -2.15. The first-order valence-electron chi connectivity index (χ1n) is 7.91. The molecular formula is C16H25N5O2. The van der Waals surface area contributed by atoms with E-state index in [1.165, 1.54) is 0 Å². The minimum atomic E-state index is -0.205. The van der Waals surface area contributed by atoms with Crippen molar-refractivity contribution in [2.45, 2.75) is 6.42 Å². The van der Waals surface area contributed by atoms with Crippen molar-refractivity contribution < 1.29 is 9.59 Å². The number of hydrogen-bond acceptors (Lipinski definition) is 5. The Balaban J connectivity index is 1.72. The normalized spacial score (nSPS) is 14.9. The number of likely N-dealkylation sites (N-methyl/N-ethyl adjacent to an activating group) is 1. The van der Waals surface area contributed by atoms with Crippen LogP contribution in [0.3, 0.4) is 0 Å². The van der Waals surface area contributed by atoms with E-state index in [-0.39, 0.29) is 18.2 Å². The van der Waals surface area contributed by atoms with E-state index in [1.807, 2.05) is 37.2 Å². The summed E-state index contributed by atoms with van der Waals surface area (Å²) in [4.78, 5) is 34.2. The highest BCUT2D eigenvalue weighted by molar-refractivity contribution is 5.96. The largest absolute Gasteiger partial charge is 0.354 e. The number of carbonyl (C=O) groups is 2. The summed E-state index contributed by atoms with van der Waals surface area (Å²) < 4.78 is 0. The molecule has 2 amide bonds. The van der Waals surface area contributed by atoms with Gasteiger partial charge in [-0.15, -0.1) is 0 Å². The number of aromatic nitrogens is 1. The van der Waals surface area contributed by atoms with Gasteiger partial charge in [-0.25, -0.2) is 4.98 Å². The predicted octanol–water partition coefficient (Wildman–Crippen LogP) is -0.202. The third kappa shape index (κ3) is 5.52. The van der Waals surface area contributed by atoms with Gasteiger partial charge in [0.1, 0.15) is 12.2 Å². The SMILES string of the molecule is CN(C)CCNC(=O)CC(=O)N1CCN(c2ccccn2)CC1. The molecule has 2 heterocycles. The molecule has 0 unspecified atom stereocenters. The number of piperazine rings is 1. The molecule has 0 aliphatic carbocycles. The van der Waals surface area contributed by atoms with E-state index in [9.17, 15) is 9.59 Å². The standard InChI is InChI=1S/C16H25N5O2/c1-19(2)8-7-18-15(22)13-16(23)21-11-9-20(10-12-21)14-5-3-4-6-17-14/h3-6H,7-13H2,1-2H3,(H,18,22). The van der Waals surface area contributed by atoms with Crippen molar-refractivity contribution in [3.05, 3.63) is 24.4 Å². The lowest BCUT2D eigenvalue weighted by atomic mass is 10.2. The number of carbonyl (C=O) groups excluding carboxylic acids is 2. The lowest BCUT2D eigenvalue weighted by Gasteiger charge is -2.35. The summed E-state index contributed by atoms with van der Waals surface area (Å²) >= 11 is 0. The van der Waals surface area contributed by atoms with Gasteiger partial charge < -0.3 is 20.0 Å². The van der Waals surface area contributed by atoms with Crippen molar-refractivity contribution in [2.24, 2.45) is 0 Å². The van der Waals surface area contributed by atoms with E-state index >= 15 is 0 Å². The maximum absolute atomic E-state index is 12.2. The highest BCUT2D eigenvalue weighted by Gasteiger charge is 2.23. The first-order chi connectivity index (χ1) is 11.1. The highest BCUT2D eigenvalue weighted by atomic mass is 16.2. The second kappa shape index (κ2) is 8.47. The zero-order valence-electron chi connectivity index (χ0n) is 13.9. The van der Waals surface area contributed by atoms with E-state index in [0.29, 0.717) is 19.6 Å². The molecule has 0 aromatic carbocycles. The Labute approximate surface area is 137 Å². The maximum atomic E-state index is 12.2. The van der Waals surface area contributed by atoms with Crippen LogP contribution in [0.25, 0.3) is 0 Å². The molecule has 1 aromatic heterocycles. The number of nitrogens with one attached hydrogen (secondary N) is 1. The van der Waals surface area contributed by atoms with Crippen LogP contribution in [0.15, 0.2) is 24.4 Å². The zero-order chi connectivity index (χ0) is 16.7. The molecular weight excluding hydrogens is 294 g/mol. The lowest BCUT2D eigenvalue weighted by Crippen LogP contribution is -2.50. The van der Waals surface area contributed by atoms with E-state index in [1.54, 1.807) is 11.1 Å². The van der Waals surface area contributed by atoms with E-state index < -0.39 is 0 Å². The molecule has 7 nitrogen and oxygen atoms in total. The minimum absolute atomic E-state index is 0.0724. The van der Waals surface area contributed by atoms with Gasteiger partial charge in [0, 0.05) is 45.5 Å². The molecule has 1 saturated heterocycles. The molecule has 1 aromatic rings. The Morgan fingerprint density at radius 2 is 1.96 bits per heavy atom. The van der Waals surface area contributed by atoms with Gasteiger partial charge in [0.25, 0.3) is 0 Å². The van der Waals surface area contributed by atoms with Crippen LogP contribution in [0.2, 0.25) is 0 Å². The second-order valence-corrected chi connectivity index (χ2v) is 5.89. The molecule has 1 aliphatic heterocycles. The molecule has 1 fully saturated rings. The van der Waals surface area contributed by atoms with Crippen LogP contribution < -0.4 is 10.2 Å². The van der Waals surface area contributed by atoms with Crippen molar-refractivity contribution in [3.63, 3.8) is 0 Å². The molecule has 0 radical (unpaired) electrons. The highest BCUT2D eigenvalue weighted by Crippen LogP contribution is 2.12. The van der Waals surface area contributed by atoms with Crippen LogP contribution in [-0.2, 0) is 9.59 Å². The lowest BCUT2D eigenvalue weighted by molar-refractivity contribution is -0.136. The van der Waals surface area contributed by atoms with Crippen molar-refractivity contribution in [3.8, 4) is 0 Å². The minimum Gasteiger partial charge on any atom is -0.354 e. The summed E-state index contributed by atoms with van der Waals surface area (Å²) in [5, 5.41) is 2.77. The molecule has 126 valence electrons. The van der Waals surface area contributed by atoms with Gasteiger partial charge in [-0.1, -0.05) is 6.07 Å². The Morgan fingerprint density at radius 1 is 1.22 bits per heavy atom. The van der Waals surface area contributed by atoms with Crippen molar-refractivity contribution in [1.82, 2.24) is 20.1 Å². The number of pyridine rings is 1. The monoisotopic (exact) mass is 319 g/mol. The molecule has 7 heteroatoms. The van der Waals surface area contributed by atoms with Crippen LogP contribution in [0.4, 0.5) is 5.82 Å². The second-order valence-electron chi connectivity index (χ2n) is 5.89. The molecule has 0 saturated carbocycles. The number of amides is 2. The van der Waals surface area contributed by atoms with Gasteiger partial charge in [0.2, 0.25) is 11.8 Å². The number of anilines is 1. The third-order valence-corrected chi connectivity index (χ3v) is 3.80. The topological polar surface area (TPSA) is 68.8 Å². The molecule has 1 N–H and O–H groups in total. The van der Waals surface area contributed by atoms with Crippen LogP contribution in [0.1, 0.15) is 6.42 Å². The fourth-order valence-electron chi connectivity index (χ4n) is 2.46. The van der Waals surface area contributed by atoms with Crippen molar-refractivity contribution >= 4 is 17.6 Å². The molecule has 23 heavy (non-hydrogen) atoms. The van der Waals surface area contributed by atoms with Gasteiger partial charge in [-0.05, 0) is 26.2 Å². The van der Waals surface area contributed by atoms with E-state index in [0.717, 1.165) is 25.5 Å². The summed E-state index contributed by atoms with van der Waals surface area (Å²) in [5.41, 5.74) is 0. The molecule has 0 bridgehead atoms. The predicted molar refractivity (Wildman–Crippen MR) is 89.2 cm³/mol. The Bertz CT molecular complexity index is 512. The van der Waals surface area contributed by atoms with E-state index in [2.05, 4.69) is 15.2 Å². The van der Waals surface area contributed by atoms with Gasteiger partial charge in [0.15, 0.2) is 0 Å². The number of nitrogens with zero attached hydrogens (tertiary/aromatic N) is 4. The molecule has 0 spiro atoms. The van der Waals surface area contributed by atoms with Crippen LogP contribution in [0, 0.1) is 0 Å². The third-order valence-electron chi connectivity index (χ3n) is 3.80. The number of rotatable bonds is 6. The quantitative estimate of drug-likeness (QED) is 0.736. The number of hydrogen-bond donors (Lipinski definition) is 1. The first-order valence-corrected chi connectivity index (χ1v) is 7.91. The molecule has 1 aliphatic rings. The summed E-state index contributed by atoms with van der Waals surface area (Å²) in [7, 11) is 3.89. The van der Waals surface area contributed by atoms with Crippen LogP contribution in [0.5, 0.6) is 0 Å². The molecule has 2 rings (SSSR count). The zero-order valence-corrected chi connectivity index (χ0v) is 13.9. The maximum Gasteiger partial charge on any atom is 0.232 e. The molecule has 0 atom stereocenters. The summed E-state index contributed by atoms with van der Waals surface area (Å²) in [6.07, 6.45) is 1.70. The van der Waals surface area contributed by atoms with Gasteiger partial charge >= 0.3 is 0 Å². The Morgan fingerprint density at radius 3 is 2.57 bits per heavy atom. The Kier molecular flexibility index (Phi) is 6.34. The first kappa shape index (κ1) is 17.2. The van der Waals surface area contributed by atoms with Crippen molar-refractivity contribution in [2.75, 3.05) is 58.3 Å². The van der Waals surface area contributed by atoms with Gasteiger partial charge in [-0.2, -0.15) is 0 Å². The average molecular weight is 319 g/mol. The van der Waals surface area contributed by atoms with E-state index in [4.69, 9.17) is 0 Å². The van der Waals surface area contributed by atoms with Gasteiger partial charge in [-0.3, -0.25) is 9.59 Å². The van der Waals surface area contributed by atoms with Crippen molar-refractivity contribution in [1.29, 1.82) is 0 Å². The van der Waals surface area contributed by atoms with Gasteiger partial charge in [0.05, 0.1) is 0 Å². The average Bonchev–Trinajstić information content (AvgIpc) is 2.55.